The molecule has 2 rings (SSSR count). The summed E-state index contributed by atoms with van der Waals surface area (Å²) < 4.78 is 39.2. The highest BCUT2D eigenvalue weighted by Gasteiger charge is 2.33. The molecule has 0 saturated heterocycles. The minimum Gasteiger partial charge on any atom is -0.481 e. The Bertz CT molecular complexity index is 750. The van der Waals surface area contributed by atoms with Crippen molar-refractivity contribution in [3.8, 4) is 11.3 Å². The molecule has 1 heterocycles. The van der Waals surface area contributed by atoms with Gasteiger partial charge >= 0.3 is 12.1 Å². The quantitative estimate of drug-likeness (QED) is 0.767. The molecular formula is C17H16F3NO3. The van der Waals surface area contributed by atoms with Crippen LogP contribution in [0.5, 0.6) is 0 Å². The number of rotatable bonds is 6. The number of aromatic amines is 1. The van der Waals surface area contributed by atoms with Crippen LogP contribution in [0.25, 0.3) is 11.3 Å². The van der Waals surface area contributed by atoms with Crippen LogP contribution in [0.2, 0.25) is 0 Å². The molecule has 24 heavy (non-hydrogen) atoms. The lowest BCUT2D eigenvalue weighted by Gasteiger charge is -2.11. The number of carbonyl (C=O) groups is 2. The third kappa shape index (κ3) is 3.84. The van der Waals surface area contributed by atoms with Gasteiger partial charge in [0.1, 0.15) is 0 Å². The smallest absolute Gasteiger partial charge is 0.417 e. The van der Waals surface area contributed by atoms with Crippen molar-refractivity contribution in [3.63, 3.8) is 0 Å². The fourth-order valence-corrected chi connectivity index (χ4v) is 2.42. The zero-order chi connectivity index (χ0) is 17.9. The van der Waals surface area contributed by atoms with E-state index in [0.717, 1.165) is 6.07 Å². The number of carboxylic acids is 1. The largest absolute Gasteiger partial charge is 0.481 e. The first-order chi connectivity index (χ1) is 11.2. The van der Waals surface area contributed by atoms with Crippen LogP contribution in [-0.2, 0) is 11.0 Å². The molecule has 1 atom stereocenters. The lowest BCUT2D eigenvalue weighted by Crippen LogP contribution is -2.17. The Morgan fingerprint density at radius 2 is 1.83 bits per heavy atom. The second-order valence-corrected chi connectivity index (χ2v) is 5.40. The fraction of sp³-hybridized carbons (Fsp3) is 0.294. The molecule has 7 heteroatoms. The number of aliphatic carboxylic acids is 1. The Hall–Kier alpha value is -2.57. The molecule has 1 aromatic heterocycles. The van der Waals surface area contributed by atoms with E-state index in [-0.39, 0.29) is 23.4 Å². The average molecular weight is 339 g/mol. The summed E-state index contributed by atoms with van der Waals surface area (Å²) in [6, 6.07) is 7.81. The van der Waals surface area contributed by atoms with Gasteiger partial charge in [-0.3, -0.25) is 9.59 Å². The molecule has 0 aliphatic rings. The van der Waals surface area contributed by atoms with Gasteiger partial charge in [0, 0.05) is 17.7 Å². The number of Topliss-reactive ketones (excluding diaryl/α,β-unsaturated/α-hetero) is 1. The molecule has 0 bridgehead atoms. The summed E-state index contributed by atoms with van der Waals surface area (Å²) >= 11 is 0. The third-order valence-electron chi connectivity index (χ3n) is 3.78. The van der Waals surface area contributed by atoms with Crippen molar-refractivity contribution in [2.45, 2.75) is 25.9 Å². The van der Waals surface area contributed by atoms with Crippen molar-refractivity contribution in [1.29, 1.82) is 0 Å². The van der Waals surface area contributed by atoms with Gasteiger partial charge in [0.05, 0.1) is 17.2 Å². The lowest BCUT2D eigenvalue weighted by molar-refractivity contribution is -0.141. The van der Waals surface area contributed by atoms with Crippen LogP contribution in [0.4, 0.5) is 13.2 Å². The van der Waals surface area contributed by atoms with Crippen LogP contribution in [0.3, 0.4) is 0 Å². The minimum absolute atomic E-state index is 0.0608. The van der Waals surface area contributed by atoms with Crippen LogP contribution in [0, 0.1) is 5.92 Å². The van der Waals surface area contributed by atoms with Crippen molar-refractivity contribution in [1.82, 2.24) is 4.98 Å². The van der Waals surface area contributed by atoms with Crippen molar-refractivity contribution in [2.24, 2.45) is 5.92 Å². The first kappa shape index (κ1) is 17.8. The zero-order valence-electron chi connectivity index (χ0n) is 12.9. The molecule has 2 aromatic rings. The second kappa shape index (κ2) is 6.90. The van der Waals surface area contributed by atoms with Gasteiger partial charge in [0.25, 0.3) is 0 Å². The molecule has 128 valence electrons. The van der Waals surface area contributed by atoms with E-state index in [1.807, 2.05) is 0 Å². The number of halogens is 3. The maximum absolute atomic E-state index is 13.1. The van der Waals surface area contributed by atoms with E-state index in [9.17, 15) is 22.8 Å². The number of nitrogens with one attached hydrogen (secondary N) is 1. The van der Waals surface area contributed by atoms with Gasteiger partial charge < -0.3 is 10.1 Å². The maximum atomic E-state index is 13.1. The lowest BCUT2D eigenvalue weighted by atomic mass is 9.99. The van der Waals surface area contributed by atoms with E-state index in [2.05, 4.69) is 4.98 Å². The van der Waals surface area contributed by atoms with Crippen LogP contribution >= 0.6 is 0 Å². The first-order valence-electron chi connectivity index (χ1n) is 7.35. The molecule has 0 spiro atoms. The Balaban J connectivity index is 2.29. The second-order valence-electron chi connectivity index (χ2n) is 5.40. The molecule has 2 N–H and O–H groups in total. The van der Waals surface area contributed by atoms with E-state index in [1.54, 1.807) is 6.92 Å². The highest BCUT2D eigenvalue weighted by atomic mass is 19.4. The van der Waals surface area contributed by atoms with Gasteiger partial charge in [-0.25, -0.2) is 0 Å². The normalized spacial score (nSPS) is 12.8. The van der Waals surface area contributed by atoms with Crippen molar-refractivity contribution in [3.05, 3.63) is 47.7 Å². The topological polar surface area (TPSA) is 70.2 Å². The van der Waals surface area contributed by atoms with Crippen LogP contribution in [-0.4, -0.2) is 21.8 Å². The van der Waals surface area contributed by atoms with Crippen molar-refractivity contribution in [2.75, 3.05) is 0 Å². The average Bonchev–Trinajstić information content (AvgIpc) is 3.01. The fourth-order valence-electron chi connectivity index (χ4n) is 2.42. The Labute approximate surface area is 136 Å². The summed E-state index contributed by atoms with van der Waals surface area (Å²) in [5.41, 5.74) is -0.603. The van der Waals surface area contributed by atoms with Crippen LogP contribution < -0.4 is 0 Å². The number of carbonyl (C=O) groups excluding carboxylic acids is 1. The maximum Gasteiger partial charge on any atom is 0.417 e. The van der Waals surface area contributed by atoms with E-state index in [1.165, 1.54) is 30.3 Å². The standard InChI is InChI=1S/C17H16F3NO3/c1-2-10(16(23)24)9-15(22)14-8-7-13(21-14)11-5-3-4-6-12(11)17(18,19)20/h3-8,10,21H,2,9H2,1H3,(H,23,24)/t10-/m1/s1. The first-order valence-corrected chi connectivity index (χ1v) is 7.35. The predicted octanol–water partition coefficient (Wildman–Crippen LogP) is 4.38. The molecule has 1 aromatic carbocycles. The van der Waals surface area contributed by atoms with Gasteiger partial charge in [0.2, 0.25) is 0 Å². The third-order valence-corrected chi connectivity index (χ3v) is 3.78. The SMILES string of the molecule is CC[C@H](CC(=O)c1ccc(-c2ccccc2C(F)(F)F)[nH]1)C(=O)O. The monoisotopic (exact) mass is 339 g/mol. The van der Waals surface area contributed by atoms with Gasteiger partial charge in [-0.05, 0) is 24.6 Å². The molecule has 0 radical (unpaired) electrons. The summed E-state index contributed by atoms with van der Waals surface area (Å²) in [5.74, 6) is -2.33. The Morgan fingerprint density at radius 1 is 1.17 bits per heavy atom. The van der Waals surface area contributed by atoms with Gasteiger partial charge in [-0.2, -0.15) is 13.2 Å². The number of hydrogen-bond acceptors (Lipinski definition) is 2. The highest BCUT2D eigenvalue weighted by Crippen LogP contribution is 2.36. The molecule has 0 fully saturated rings. The number of aromatic nitrogens is 1. The Kier molecular flexibility index (Phi) is 5.11. The Morgan fingerprint density at radius 3 is 2.42 bits per heavy atom. The van der Waals surface area contributed by atoms with Gasteiger partial charge in [0.15, 0.2) is 5.78 Å². The summed E-state index contributed by atoms with van der Waals surface area (Å²) in [7, 11) is 0. The molecule has 0 unspecified atom stereocenters. The number of alkyl halides is 3. The van der Waals surface area contributed by atoms with Crippen molar-refractivity contribution < 1.29 is 27.9 Å². The summed E-state index contributed by atoms with van der Waals surface area (Å²) in [6.45, 7) is 1.66. The molecular weight excluding hydrogens is 323 g/mol. The van der Waals surface area contributed by atoms with E-state index in [4.69, 9.17) is 5.11 Å². The van der Waals surface area contributed by atoms with E-state index < -0.39 is 29.4 Å². The van der Waals surface area contributed by atoms with Gasteiger partial charge in [-0.1, -0.05) is 25.1 Å². The van der Waals surface area contributed by atoms with E-state index in [0.29, 0.717) is 6.42 Å². The molecule has 0 aliphatic carbocycles. The van der Waals surface area contributed by atoms with Crippen molar-refractivity contribution >= 4 is 11.8 Å². The number of H-pyrrole nitrogens is 1. The molecule has 4 nitrogen and oxygen atoms in total. The van der Waals surface area contributed by atoms with Gasteiger partial charge in [-0.15, -0.1) is 0 Å². The zero-order valence-corrected chi connectivity index (χ0v) is 12.9. The van der Waals surface area contributed by atoms with Crippen LogP contribution in [0.15, 0.2) is 36.4 Å². The summed E-state index contributed by atoms with van der Waals surface area (Å²) in [6.07, 6.45) is -4.42. The predicted molar refractivity (Wildman–Crippen MR) is 81.6 cm³/mol. The molecule has 0 aliphatic heterocycles. The van der Waals surface area contributed by atoms with E-state index >= 15 is 0 Å². The number of hydrogen-bond donors (Lipinski definition) is 2. The number of ketones is 1. The molecule has 0 saturated carbocycles. The summed E-state index contributed by atoms with van der Waals surface area (Å²) in [5, 5.41) is 8.99. The minimum atomic E-state index is -4.51. The van der Waals surface area contributed by atoms with Crippen LogP contribution in [0.1, 0.15) is 35.8 Å². The number of carboxylic acid groups (broad SMARTS) is 1. The summed E-state index contributed by atoms with van der Waals surface area (Å²) in [4.78, 5) is 25.8. The highest BCUT2D eigenvalue weighted by molar-refractivity contribution is 5.97. The molecule has 0 amide bonds. The number of benzene rings is 1.